The number of hydrogen-bond acceptors (Lipinski definition) is 5. The van der Waals surface area contributed by atoms with E-state index < -0.39 is 0 Å². The second-order valence-electron chi connectivity index (χ2n) is 6.65. The van der Waals surface area contributed by atoms with Crippen molar-refractivity contribution < 1.29 is 9.53 Å². The van der Waals surface area contributed by atoms with Crippen molar-refractivity contribution in [1.82, 2.24) is 20.1 Å². The average molecular weight is 334 g/mol. The van der Waals surface area contributed by atoms with Crippen LogP contribution in [-0.2, 0) is 0 Å². The molecular weight excluding hydrogens is 304 g/mol. The Morgan fingerprint density at radius 2 is 2.04 bits per heavy atom. The first-order valence-corrected chi connectivity index (χ1v) is 8.81. The summed E-state index contributed by atoms with van der Waals surface area (Å²) in [6.45, 7) is 11.7. The third kappa shape index (κ3) is 4.92. The zero-order valence-electron chi connectivity index (χ0n) is 15.3. The molecule has 1 amide bonds. The maximum atomic E-state index is 12.5. The Morgan fingerprint density at radius 1 is 1.33 bits per heavy atom. The van der Waals surface area contributed by atoms with Gasteiger partial charge >= 0.3 is 0 Å². The molecule has 0 aromatic carbocycles. The van der Waals surface area contributed by atoms with Crippen molar-refractivity contribution in [3.8, 4) is 5.88 Å². The molecule has 6 heteroatoms. The van der Waals surface area contributed by atoms with Crippen LogP contribution in [0.1, 0.15) is 31.1 Å². The Labute approximate surface area is 145 Å². The van der Waals surface area contributed by atoms with Gasteiger partial charge in [0.2, 0.25) is 5.88 Å². The number of carbonyl (C=O) groups is 1. The topological polar surface area (TPSA) is 57.7 Å². The summed E-state index contributed by atoms with van der Waals surface area (Å²) in [4.78, 5) is 21.5. The van der Waals surface area contributed by atoms with Crippen molar-refractivity contribution in [3.05, 3.63) is 23.9 Å². The summed E-state index contributed by atoms with van der Waals surface area (Å²) in [5.41, 5.74) is 0.500. The lowest BCUT2D eigenvalue weighted by Crippen LogP contribution is -2.54. The maximum absolute atomic E-state index is 12.5. The Balaban J connectivity index is 1.98. The van der Waals surface area contributed by atoms with E-state index in [1.807, 2.05) is 6.92 Å². The first kappa shape index (κ1) is 18.7. The zero-order valence-corrected chi connectivity index (χ0v) is 15.3. The van der Waals surface area contributed by atoms with Crippen LogP contribution in [0.25, 0.3) is 0 Å². The SMILES string of the molecule is CCOc1ncccc1C(=O)NCC(C(C)C)N1CCN(C)CC1. The second-order valence-corrected chi connectivity index (χ2v) is 6.65. The van der Waals surface area contributed by atoms with Crippen LogP contribution in [0.5, 0.6) is 5.88 Å². The highest BCUT2D eigenvalue weighted by Crippen LogP contribution is 2.16. The fourth-order valence-electron chi connectivity index (χ4n) is 3.05. The quantitative estimate of drug-likeness (QED) is 0.818. The number of nitrogens with one attached hydrogen (secondary N) is 1. The lowest BCUT2D eigenvalue weighted by atomic mass is 10.0. The Kier molecular flexibility index (Phi) is 6.99. The van der Waals surface area contributed by atoms with Gasteiger partial charge in [-0.2, -0.15) is 0 Å². The minimum atomic E-state index is -0.119. The molecule has 0 bridgehead atoms. The number of nitrogens with zero attached hydrogens (tertiary/aromatic N) is 3. The molecule has 1 aromatic rings. The summed E-state index contributed by atoms with van der Waals surface area (Å²) in [6, 6.07) is 3.86. The van der Waals surface area contributed by atoms with Crippen molar-refractivity contribution in [2.24, 2.45) is 5.92 Å². The largest absolute Gasteiger partial charge is 0.477 e. The highest BCUT2D eigenvalue weighted by Gasteiger charge is 2.25. The van der Waals surface area contributed by atoms with E-state index in [4.69, 9.17) is 4.74 Å². The van der Waals surface area contributed by atoms with E-state index in [1.165, 1.54) is 0 Å². The number of hydrogen-bond donors (Lipinski definition) is 1. The van der Waals surface area contributed by atoms with Crippen LogP contribution in [0.4, 0.5) is 0 Å². The van der Waals surface area contributed by atoms with Gasteiger partial charge in [-0.25, -0.2) is 4.98 Å². The lowest BCUT2D eigenvalue weighted by Gasteiger charge is -2.39. The van der Waals surface area contributed by atoms with Crippen molar-refractivity contribution in [1.29, 1.82) is 0 Å². The maximum Gasteiger partial charge on any atom is 0.256 e. The predicted octanol–water partition coefficient (Wildman–Crippen LogP) is 1.48. The van der Waals surface area contributed by atoms with Crippen molar-refractivity contribution in [3.63, 3.8) is 0 Å². The average Bonchev–Trinajstić information content (AvgIpc) is 2.57. The van der Waals surface area contributed by atoms with Gasteiger partial charge in [0.15, 0.2) is 0 Å². The molecule has 1 aliphatic heterocycles. The molecule has 1 atom stereocenters. The number of amides is 1. The van der Waals surface area contributed by atoms with Crippen LogP contribution in [0.3, 0.4) is 0 Å². The van der Waals surface area contributed by atoms with Crippen LogP contribution in [-0.4, -0.2) is 73.1 Å². The van der Waals surface area contributed by atoms with E-state index in [0.717, 1.165) is 26.2 Å². The first-order chi connectivity index (χ1) is 11.5. The molecule has 2 heterocycles. The molecule has 0 radical (unpaired) electrons. The number of rotatable bonds is 7. The van der Waals surface area contributed by atoms with Gasteiger partial charge in [0.1, 0.15) is 5.56 Å². The Bertz CT molecular complexity index is 528. The summed E-state index contributed by atoms with van der Waals surface area (Å²) in [5.74, 6) is 0.762. The Hall–Kier alpha value is -1.66. The van der Waals surface area contributed by atoms with E-state index in [0.29, 0.717) is 36.6 Å². The third-order valence-electron chi connectivity index (χ3n) is 4.55. The number of ether oxygens (including phenoxy) is 1. The molecule has 134 valence electrons. The van der Waals surface area contributed by atoms with E-state index in [2.05, 4.69) is 41.0 Å². The summed E-state index contributed by atoms with van der Waals surface area (Å²) in [7, 11) is 2.15. The first-order valence-electron chi connectivity index (χ1n) is 8.81. The number of carbonyl (C=O) groups excluding carboxylic acids is 1. The normalized spacial score (nSPS) is 17.7. The van der Waals surface area contributed by atoms with Gasteiger partial charge in [-0.15, -0.1) is 0 Å². The third-order valence-corrected chi connectivity index (χ3v) is 4.55. The monoisotopic (exact) mass is 334 g/mol. The molecule has 1 saturated heterocycles. The molecule has 1 aliphatic rings. The minimum absolute atomic E-state index is 0.119. The van der Waals surface area contributed by atoms with Crippen LogP contribution >= 0.6 is 0 Å². The van der Waals surface area contributed by atoms with Crippen molar-refractivity contribution in [2.45, 2.75) is 26.8 Å². The van der Waals surface area contributed by atoms with E-state index in [1.54, 1.807) is 18.3 Å². The van der Waals surface area contributed by atoms with Gasteiger partial charge < -0.3 is 15.0 Å². The minimum Gasteiger partial charge on any atom is -0.477 e. The van der Waals surface area contributed by atoms with E-state index in [9.17, 15) is 4.79 Å². The molecular formula is C18H30N4O2. The second kappa shape index (κ2) is 8.99. The molecule has 1 unspecified atom stereocenters. The molecule has 2 rings (SSSR count). The zero-order chi connectivity index (χ0) is 17.5. The summed E-state index contributed by atoms with van der Waals surface area (Å²) < 4.78 is 5.45. The highest BCUT2D eigenvalue weighted by molar-refractivity contribution is 5.96. The summed E-state index contributed by atoms with van der Waals surface area (Å²) >= 11 is 0. The smallest absolute Gasteiger partial charge is 0.256 e. The van der Waals surface area contributed by atoms with Crippen molar-refractivity contribution in [2.75, 3.05) is 46.4 Å². The molecule has 0 spiro atoms. The van der Waals surface area contributed by atoms with Crippen LogP contribution in [0.2, 0.25) is 0 Å². The highest BCUT2D eigenvalue weighted by atomic mass is 16.5. The van der Waals surface area contributed by atoms with Gasteiger partial charge in [-0.05, 0) is 32.0 Å². The molecule has 1 fully saturated rings. The molecule has 6 nitrogen and oxygen atoms in total. The van der Waals surface area contributed by atoms with Gasteiger partial charge in [0, 0.05) is 45.0 Å². The lowest BCUT2D eigenvalue weighted by molar-refractivity contribution is 0.0789. The molecule has 0 aliphatic carbocycles. The number of piperazine rings is 1. The molecule has 24 heavy (non-hydrogen) atoms. The molecule has 1 N–H and O–H groups in total. The van der Waals surface area contributed by atoms with Crippen LogP contribution in [0, 0.1) is 5.92 Å². The van der Waals surface area contributed by atoms with E-state index >= 15 is 0 Å². The Morgan fingerprint density at radius 3 is 2.67 bits per heavy atom. The number of aromatic nitrogens is 1. The van der Waals surface area contributed by atoms with Gasteiger partial charge in [0.25, 0.3) is 5.91 Å². The summed E-state index contributed by atoms with van der Waals surface area (Å²) in [5, 5.41) is 3.07. The van der Waals surface area contributed by atoms with Crippen molar-refractivity contribution >= 4 is 5.91 Å². The van der Waals surface area contributed by atoms with Gasteiger partial charge in [-0.1, -0.05) is 13.8 Å². The standard InChI is InChI=1S/C18H30N4O2/c1-5-24-18-15(7-6-8-19-18)17(23)20-13-16(14(2)3)22-11-9-21(4)10-12-22/h6-8,14,16H,5,9-13H2,1-4H3,(H,20,23). The number of pyridine rings is 1. The molecule has 1 aromatic heterocycles. The molecule has 0 saturated carbocycles. The fourth-order valence-corrected chi connectivity index (χ4v) is 3.05. The predicted molar refractivity (Wildman–Crippen MR) is 95.4 cm³/mol. The van der Waals surface area contributed by atoms with Crippen LogP contribution < -0.4 is 10.1 Å². The van der Waals surface area contributed by atoms with E-state index in [-0.39, 0.29) is 5.91 Å². The van der Waals surface area contributed by atoms with Crippen LogP contribution in [0.15, 0.2) is 18.3 Å². The summed E-state index contributed by atoms with van der Waals surface area (Å²) in [6.07, 6.45) is 1.64. The van der Waals surface area contributed by atoms with Gasteiger partial charge in [0.05, 0.1) is 6.61 Å². The van der Waals surface area contributed by atoms with Gasteiger partial charge in [-0.3, -0.25) is 9.69 Å². The number of likely N-dealkylation sites (N-methyl/N-ethyl adjacent to an activating group) is 1. The fraction of sp³-hybridized carbons (Fsp3) is 0.667.